The van der Waals surface area contributed by atoms with Gasteiger partial charge in [0.05, 0.1) is 16.7 Å². The van der Waals surface area contributed by atoms with Crippen LogP contribution in [0.2, 0.25) is 0 Å². The van der Waals surface area contributed by atoms with E-state index in [1.54, 1.807) is 25.1 Å². The van der Waals surface area contributed by atoms with Crippen molar-refractivity contribution in [2.45, 2.75) is 26.8 Å². The summed E-state index contributed by atoms with van der Waals surface area (Å²) < 4.78 is 15.6. The number of H-pyrrole nitrogens is 1. The molecule has 6 nitrogen and oxygen atoms in total. The fourth-order valence-corrected chi connectivity index (χ4v) is 3.40. The fraction of sp³-hybridized carbons (Fsp3) is 0.227. The molecular weight excluding hydrogens is 369 g/mol. The highest BCUT2D eigenvalue weighted by molar-refractivity contribution is 5.93. The molecule has 0 spiro atoms. The molecule has 0 saturated carbocycles. The van der Waals surface area contributed by atoms with Gasteiger partial charge in [0.25, 0.3) is 5.91 Å². The largest absolute Gasteiger partial charge is 0.351 e. The van der Waals surface area contributed by atoms with E-state index in [1.165, 1.54) is 6.07 Å². The maximum absolute atomic E-state index is 13.4. The molecule has 2 aromatic carbocycles. The van der Waals surface area contributed by atoms with Gasteiger partial charge in [-0.15, -0.1) is 0 Å². The zero-order chi connectivity index (χ0) is 20.4. The number of carbonyl (C=O) groups excluding carboxylic acids is 1. The Kier molecular flexibility index (Phi) is 5.12. The second-order valence-corrected chi connectivity index (χ2v) is 7.04. The molecule has 2 N–H and O–H groups in total. The van der Waals surface area contributed by atoms with Crippen molar-refractivity contribution >= 4 is 16.9 Å². The Bertz CT molecular complexity index is 1180. The number of rotatable bonds is 6. The Morgan fingerprint density at radius 2 is 2.00 bits per heavy atom. The third-order valence-electron chi connectivity index (χ3n) is 4.97. The predicted molar refractivity (Wildman–Crippen MR) is 110 cm³/mol. The van der Waals surface area contributed by atoms with Crippen LogP contribution in [-0.4, -0.2) is 32.2 Å². The number of aromatic nitrogens is 4. The molecule has 1 amide bonds. The zero-order valence-corrected chi connectivity index (χ0v) is 16.4. The van der Waals surface area contributed by atoms with E-state index in [0.29, 0.717) is 23.5 Å². The van der Waals surface area contributed by atoms with E-state index < -0.39 is 0 Å². The lowest BCUT2D eigenvalue weighted by molar-refractivity contribution is 0.0948. The normalized spacial score (nSPS) is 11.1. The minimum absolute atomic E-state index is 0.213. The number of aryl methyl sites for hydroxylation is 3. The van der Waals surface area contributed by atoms with Crippen LogP contribution in [0.15, 0.2) is 48.5 Å². The highest BCUT2D eigenvalue weighted by atomic mass is 19.1. The highest BCUT2D eigenvalue weighted by Gasteiger charge is 2.12. The fourth-order valence-electron chi connectivity index (χ4n) is 3.40. The molecule has 0 aliphatic carbocycles. The number of aromatic amines is 1. The molecule has 148 valence electrons. The van der Waals surface area contributed by atoms with Crippen molar-refractivity contribution in [3.05, 3.63) is 71.4 Å². The summed E-state index contributed by atoms with van der Waals surface area (Å²) >= 11 is 0. The van der Waals surface area contributed by atoms with Gasteiger partial charge in [0.2, 0.25) is 0 Å². The van der Waals surface area contributed by atoms with Gasteiger partial charge in [0.15, 0.2) is 0 Å². The summed E-state index contributed by atoms with van der Waals surface area (Å²) in [5, 5.41) is 9.84. The summed E-state index contributed by atoms with van der Waals surface area (Å²) in [4.78, 5) is 16.9. The number of halogens is 1. The first-order chi connectivity index (χ1) is 14.0. The van der Waals surface area contributed by atoms with E-state index in [9.17, 15) is 9.18 Å². The average Bonchev–Trinajstić information content (AvgIpc) is 3.32. The van der Waals surface area contributed by atoms with E-state index in [0.717, 1.165) is 35.4 Å². The Morgan fingerprint density at radius 3 is 2.83 bits per heavy atom. The third kappa shape index (κ3) is 3.89. The molecule has 0 aliphatic heterocycles. The van der Waals surface area contributed by atoms with Gasteiger partial charge in [0.1, 0.15) is 17.3 Å². The van der Waals surface area contributed by atoms with Crippen LogP contribution in [0.1, 0.15) is 28.3 Å². The first kappa shape index (κ1) is 18.9. The van der Waals surface area contributed by atoms with Gasteiger partial charge in [-0.25, -0.2) is 9.37 Å². The van der Waals surface area contributed by atoms with Gasteiger partial charge in [0, 0.05) is 18.7 Å². The maximum Gasteiger partial charge on any atom is 0.269 e. The van der Waals surface area contributed by atoms with Crippen LogP contribution in [0.5, 0.6) is 0 Å². The van der Waals surface area contributed by atoms with Crippen LogP contribution in [0.3, 0.4) is 0 Å². The van der Waals surface area contributed by atoms with Gasteiger partial charge in [-0.05, 0) is 62.2 Å². The lowest BCUT2D eigenvalue weighted by Gasteiger charge is -2.07. The number of hydrogen-bond acceptors (Lipinski definition) is 3. The third-order valence-corrected chi connectivity index (χ3v) is 4.97. The van der Waals surface area contributed by atoms with Crippen LogP contribution in [-0.2, 0) is 6.54 Å². The van der Waals surface area contributed by atoms with Crippen LogP contribution in [0, 0.1) is 19.7 Å². The summed E-state index contributed by atoms with van der Waals surface area (Å²) in [6, 6.07) is 14.5. The monoisotopic (exact) mass is 391 g/mol. The lowest BCUT2D eigenvalue weighted by atomic mass is 10.1. The Labute approximate surface area is 167 Å². The van der Waals surface area contributed by atoms with Crippen molar-refractivity contribution in [3.8, 4) is 11.3 Å². The molecule has 0 aliphatic rings. The topological polar surface area (TPSA) is 75.6 Å². The van der Waals surface area contributed by atoms with Crippen LogP contribution >= 0.6 is 0 Å². The van der Waals surface area contributed by atoms with E-state index in [2.05, 4.69) is 31.1 Å². The number of nitrogens with one attached hydrogen (secondary N) is 2. The van der Waals surface area contributed by atoms with E-state index in [1.807, 2.05) is 25.1 Å². The minimum atomic E-state index is -0.261. The quantitative estimate of drug-likeness (QED) is 0.488. The summed E-state index contributed by atoms with van der Waals surface area (Å²) in [5.41, 5.74) is 4.38. The Balaban J connectivity index is 1.35. The van der Waals surface area contributed by atoms with E-state index in [4.69, 9.17) is 0 Å². The van der Waals surface area contributed by atoms with Gasteiger partial charge < -0.3 is 9.88 Å². The van der Waals surface area contributed by atoms with Crippen molar-refractivity contribution in [3.63, 3.8) is 0 Å². The average molecular weight is 391 g/mol. The highest BCUT2D eigenvalue weighted by Crippen LogP contribution is 2.20. The number of para-hydroxylation sites is 2. The number of carbonyl (C=O) groups is 1. The Hall–Kier alpha value is -3.48. The molecule has 0 saturated heterocycles. The number of hydrogen-bond donors (Lipinski definition) is 2. The number of nitrogens with zero attached hydrogens (tertiary/aromatic N) is 3. The van der Waals surface area contributed by atoms with Crippen LogP contribution in [0.4, 0.5) is 4.39 Å². The van der Waals surface area contributed by atoms with Crippen molar-refractivity contribution < 1.29 is 9.18 Å². The van der Waals surface area contributed by atoms with E-state index in [-0.39, 0.29) is 11.7 Å². The van der Waals surface area contributed by atoms with E-state index >= 15 is 0 Å². The van der Waals surface area contributed by atoms with Gasteiger partial charge in [-0.2, -0.15) is 5.10 Å². The number of benzene rings is 2. The molecule has 7 heteroatoms. The lowest BCUT2D eigenvalue weighted by Crippen LogP contribution is -2.25. The number of fused-ring (bicyclic) bond motifs is 1. The second-order valence-electron chi connectivity index (χ2n) is 7.04. The molecule has 0 bridgehead atoms. The first-order valence-electron chi connectivity index (χ1n) is 9.55. The SMILES string of the molecule is Cc1cc(-c2cc(C(=O)NCCCn3c(C)nc4ccccc43)[nH]n2)ccc1F. The molecular formula is C22H22FN5O. The maximum atomic E-state index is 13.4. The summed E-state index contributed by atoms with van der Waals surface area (Å²) in [6.07, 6.45) is 0.783. The standard InChI is InChI=1S/C22H22FN5O/c1-14-12-16(8-9-17(14)23)19-13-20(27-26-19)22(29)24-10-5-11-28-15(2)25-18-6-3-4-7-21(18)28/h3-4,6-9,12-13H,5,10-11H2,1-2H3,(H,24,29)(H,26,27). The molecule has 4 aromatic rings. The summed E-state index contributed by atoms with van der Waals surface area (Å²) in [7, 11) is 0. The molecule has 0 unspecified atom stereocenters. The van der Waals surface area contributed by atoms with Crippen molar-refractivity contribution in [2.24, 2.45) is 0 Å². The molecule has 0 atom stereocenters. The van der Waals surface area contributed by atoms with Crippen molar-refractivity contribution in [2.75, 3.05) is 6.54 Å². The van der Waals surface area contributed by atoms with Crippen molar-refractivity contribution in [1.82, 2.24) is 25.1 Å². The first-order valence-corrected chi connectivity index (χ1v) is 9.55. The minimum Gasteiger partial charge on any atom is -0.351 e. The molecule has 2 aromatic heterocycles. The molecule has 29 heavy (non-hydrogen) atoms. The second kappa shape index (κ2) is 7.87. The molecule has 0 fully saturated rings. The van der Waals surface area contributed by atoms with Gasteiger partial charge in [-0.3, -0.25) is 9.89 Å². The molecule has 0 radical (unpaired) electrons. The number of amides is 1. The molecule has 2 heterocycles. The Morgan fingerprint density at radius 1 is 1.17 bits per heavy atom. The summed E-state index contributed by atoms with van der Waals surface area (Å²) in [5.74, 6) is 0.489. The van der Waals surface area contributed by atoms with Gasteiger partial charge in [-0.1, -0.05) is 12.1 Å². The predicted octanol–water partition coefficient (Wildman–Crippen LogP) is 4.00. The van der Waals surface area contributed by atoms with Crippen molar-refractivity contribution in [1.29, 1.82) is 0 Å². The smallest absolute Gasteiger partial charge is 0.269 e. The summed E-state index contributed by atoms with van der Waals surface area (Å²) in [6.45, 7) is 5.00. The van der Waals surface area contributed by atoms with Gasteiger partial charge >= 0.3 is 0 Å². The van der Waals surface area contributed by atoms with Crippen LogP contribution in [0.25, 0.3) is 22.3 Å². The van der Waals surface area contributed by atoms with Crippen LogP contribution < -0.4 is 5.32 Å². The zero-order valence-electron chi connectivity index (χ0n) is 16.4. The molecule has 4 rings (SSSR count). The number of imidazole rings is 1.